The van der Waals surface area contributed by atoms with Gasteiger partial charge in [-0.15, -0.1) is 0 Å². The fourth-order valence-electron chi connectivity index (χ4n) is 0.353. The van der Waals surface area contributed by atoms with Crippen LogP contribution < -0.4 is 5.48 Å². The van der Waals surface area contributed by atoms with Gasteiger partial charge in [0.05, 0.1) is 0 Å². The second-order valence-corrected chi connectivity index (χ2v) is 1.56. The van der Waals surface area contributed by atoms with Gasteiger partial charge in [0.25, 0.3) is 0 Å². The van der Waals surface area contributed by atoms with E-state index in [1.165, 1.54) is 14.0 Å². The van der Waals surface area contributed by atoms with Crippen molar-refractivity contribution in [1.29, 1.82) is 0 Å². The molecule has 0 aliphatic rings. The predicted octanol–water partition coefficient (Wildman–Crippen LogP) is -0.357. The number of hydrogen-bond acceptors (Lipinski definition) is 4. The summed E-state index contributed by atoms with van der Waals surface area (Å²) in [6, 6.07) is 0. The van der Waals surface area contributed by atoms with E-state index in [4.69, 9.17) is 0 Å². The number of hydroxylamine groups is 1. The third kappa shape index (κ3) is 4.96. The van der Waals surface area contributed by atoms with Gasteiger partial charge in [-0.2, -0.15) is 5.48 Å². The molecule has 0 aromatic rings. The molecule has 0 spiro atoms. The van der Waals surface area contributed by atoms with Gasteiger partial charge in [0, 0.05) is 7.05 Å². The molecule has 0 amide bonds. The van der Waals surface area contributed by atoms with Crippen molar-refractivity contribution in [3.8, 4) is 0 Å². The Kier molecular flexibility index (Phi) is 3.62. The molecule has 0 rings (SSSR count). The van der Waals surface area contributed by atoms with Gasteiger partial charge in [0.15, 0.2) is 0 Å². The summed E-state index contributed by atoms with van der Waals surface area (Å²) in [6.45, 7) is 1.33. The molecule has 4 nitrogen and oxygen atoms in total. The molecule has 0 aliphatic heterocycles. The normalized spacial score (nSPS) is 8.67. The van der Waals surface area contributed by atoms with Gasteiger partial charge in [0.1, 0.15) is 12.2 Å². The van der Waals surface area contributed by atoms with Crippen molar-refractivity contribution in [2.75, 3.05) is 7.05 Å². The molecule has 9 heavy (non-hydrogen) atoms. The van der Waals surface area contributed by atoms with Gasteiger partial charge >= 0.3 is 5.97 Å². The molecule has 0 aromatic carbocycles. The first-order valence-electron chi connectivity index (χ1n) is 2.52. The Bertz CT molecular complexity index is 121. The van der Waals surface area contributed by atoms with Crippen molar-refractivity contribution in [3.63, 3.8) is 0 Å². The quantitative estimate of drug-likeness (QED) is 0.420. The Morgan fingerprint density at radius 1 is 1.56 bits per heavy atom. The number of carbonyl (C=O) groups excluding carboxylic acids is 2. The van der Waals surface area contributed by atoms with Crippen molar-refractivity contribution in [3.05, 3.63) is 0 Å². The molecule has 0 saturated carbocycles. The maximum atomic E-state index is 10.3. The third-order valence-corrected chi connectivity index (χ3v) is 0.609. The van der Waals surface area contributed by atoms with E-state index in [1.807, 2.05) is 0 Å². The Balaban J connectivity index is 3.39. The van der Waals surface area contributed by atoms with E-state index >= 15 is 0 Å². The van der Waals surface area contributed by atoms with Crippen LogP contribution in [0.4, 0.5) is 0 Å². The van der Waals surface area contributed by atoms with Gasteiger partial charge in [-0.1, -0.05) is 0 Å². The van der Waals surface area contributed by atoms with Crippen LogP contribution in [0.15, 0.2) is 0 Å². The molecule has 1 N–H and O–H groups in total. The van der Waals surface area contributed by atoms with Crippen LogP contribution in [0.1, 0.15) is 13.3 Å². The number of Topliss-reactive ketones (excluding diaryl/α,β-unsaturated/α-hetero) is 1. The molecule has 0 bridgehead atoms. The predicted molar refractivity (Wildman–Crippen MR) is 30.4 cm³/mol. The number of nitrogens with one attached hydrogen (secondary N) is 1. The molecule has 0 fully saturated rings. The van der Waals surface area contributed by atoms with E-state index in [0.29, 0.717) is 0 Å². The zero-order chi connectivity index (χ0) is 7.28. The zero-order valence-corrected chi connectivity index (χ0v) is 5.43. The van der Waals surface area contributed by atoms with Crippen molar-refractivity contribution >= 4 is 11.8 Å². The van der Waals surface area contributed by atoms with Crippen molar-refractivity contribution in [1.82, 2.24) is 5.48 Å². The second kappa shape index (κ2) is 4.03. The summed E-state index contributed by atoms with van der Waals surface area (Å²) in [6.07, 6.45) is -0.166. The van der Waals surface area contributed by atoms with Gasteiger partial charge < -0.3 is 4.84 Å². The van der Waals surface area contributed by atoms with Gasteiger partial charge in [-0.3, -0.25) is 4.79 Å². The summed E-state index contributed by atoms with van der Waals surface area (Å²) < 4.78 is 0. The molecular formula is C5H9NO3. The summed E-state index contributed by atoms with van der Waals surface area (Å²) >= 11 is 0. The Morgan fingerprint density at radius 3 is 2.44 bits per heavy atom. The molecule has 0 heterocycles. The summed E-state index contributed by atoms with van der Waals surface area (Å²) in [5.41, 5.74) is 2.17. The van der Waals surface area contributed by atoms with E-state index in [0.717, 1.165) is 0 Å². The van der Waals surface area contributed by atoms with Crippen LogP contribution in [0.5, 0.6) is 0 Å². The van der Waals surface area contributed by atoms with Crippen LogP contribution in [0.3, 0.4) is 0 Å². The molecule has 0 saturated heterocycles. The van der Waals surface area contributed by atoms with Crippen LogP contribution in [-0.2, 0) is 14.4 Å². The maximum absolute atomic E-state index is 10.3. The van der Waals surface area contributed by atoms with Gasteiger partial charge in [0.2, 0.25) is 0 Å². The Hall–Kier alpha value is -0.900. The minimum atomic E-state index is -0.551. The smallest absolute Gasteiger partial charge is 0.332 e. The minimum absolute atomic E-state index is 0.166. The fourth-order valence-corrected chi connectivity index (χ4v) is 0.353. The monoisotopic (exact) mass is 131 g/mol. The molecule has 0 radical (unpaired) electrons. The summed E-state index contributed by atoms with van der Waals surface area (Å²) in [4.78, 5) is 24.8. The van der Waals surface area contributed by atoms with E-state index in [1.54, 1.807) is 0 Å². The average molecular weight is 131 g/mol. The third-order valence-electron chi connectivity index (χ3n) is 0.609. The summed E-state index contributed by atoms with van der Waals surface area (Å²) in [5, 5.41) is 0. The lowest BCUT2D eigenvalue weighted by atomic mass is 10.3. The molecule has 52 valence electrons. The largest absolute Gasteiger partial charge is 0.370 e. The van der Waals surface area contributed by atoms with Gasteiger partial charge in [-0.05, 0) is 6.92 Å². The topological polar surface area (TPSA) is 55.4 Å². The standard InChI is InChI=1S/C5H9NO3/c1-4(7)3-5(8)9-6-2/h6H,3H2,1-2H3. The molecule has 0 unspecified atom stereocenters. The van der Waals surface area contributed by atoms with Crippen molar-refractivity contribution < 1.29 is 14.4 Å². The maximum Gasteiger partial charge on any atom is 0.332 e. The molecule has 0 aromatic heterocycles. The van der Waals surface area contributed by atoms with Crippen molar-refractivity contribution in [2.45, 2.75) is 13.3 Å². The van der Waals surface area contributed by atoms with E-state index < -0.39 is 5.97 Å². The molecule has 0 atom stereocenters. The van der Waals surface area contributed by atoms with Crippen molar-refractivity contribution in [2.24, 2.45) is 0 Å². The van der Waals surface area contributed by atoms with Crippen LogP contribution in [0.2, 0.25) is 0 Å². The van der Waals surface area contributed by atoms with Crippen LogP contribution in [0.25, 0.3) is 0 Å². The molecule has 4 heteroatoms. The summed E-state index contributed by atoms with van der Waals surface area (Å²) in [7, 11) is 1.46. The molecular weight excluding hydrogens is 122 g/mol. The number of carbonyl (C=O) groups is 2. The van der Waals surface area contributed by atoms with E-state index in [9.17, 15) is 9.59 Å². The zero-order valence-electron chi connectivity index (χ0n) is 5.43. The average Bonchev–Trinajstić information content (AvgIpc) is 1.63. The highest BCUT2D eigenvalue weighted by molar-refractivity contribution is 5.93. The number of ketones is 1. The highest BCUT2D eigenvalue weighted by Gasteiger charge is 2.03. The number of hydrogen-bond donors (Lipinski definition) is 1. The first kappa shape index (κ1) is 8.10. The van der Waals surface area contributed by atoms with Gasteiger partial charge in [-0.25, -0.2) is 4.79 Å². The lowest BCUT2D eigenvalue weighted by Gasteiger charge is -1.96. The Morgan fingerprint density at radius 2 is 2.11 bits per heavy atom. The molecule has 0 aliphatic carbocycles. The van der Waals surface area contributed by atoms with Crippen LogP contribution in [-0.4, -0.2) is 18.8 Å². The van der Waals surface area contributed by atoms with Crippen LogP contribution in [0, 0.1) is 0 Å². The lowest BCUT2D eigenvalue weighted by Crippen LogP contribution is -2.16. The van der Waals surface area contributed by atoms with E-state index in [-0.39, 0.29) is 12.2 Å². The fraction of sp³-hybridized carbons (Fsp3) is 0.600. The SMILES string of the molecule is CNOC(=O)CC(C)=O. The Labute approximate surface area is 53.1 Å². The van der Waals surface area contributed by atoms with Crippen LogP contribution >= 0.6 is 0 Å². The highest BCUT2D eigenvalue weighted by atomic mass is 16.7. The number of rotatable bonds is 3. The lowest BCUT2D eigenvalue weighted by molar-refractivity contribution is -0.151. The minimum Gasteiger partial charge on any atom is -0.370 e. The van der Waals surface area contributed by atoms with E-state index in [2.05, 4.69) is 10.3 Å². The highest BCUT2D eigenvalue weighted by Crippen LogP contribution is 1.83. The summed E-state index contributed by atoms with van der Waals surface area (Å²) in [5.74, 6) is -0.750. The first-order valence-corrected chi connectivity index (χ1v) is 2.52. The second-order valence-electron chi connectivity index (χ2n) is 1.56. The first-order chi connectivity index (χ1) is 4.16.